The second-order valence-electron chi connectivity index (χ2n) is 6.85. The molecule has 1 aromatic carbocycles. The van der Waals surface area contributed by atoms with Crippen LogP contribution >= 0.6 is 0 Å². The minimum Gasteiger partial charge on any atom is -0.490 e. The lowest BCUT2D eigenvalue weighted by atomic mass is 10.1. The fourth-order valence-corrected chi connectivity index (χ4v) is 5.44. The van der Waals surface area contributed by atoms with Gasteiger partial charge in [0.1, 0.15) is 17.3 Å². The Morgan fingerprint density at radius 3 is 2.93 bits per heavy atom. The highest BCUT2D eigenvalue weighted by Gasteiger charge is 2.43. The summed E-state index contributed by atoms with van der Waals surface area (Å²) in [5.41, 5.74) is 1.00. The molecule has 4 rings (SSSR count). The molecular weight excluding hydrogens is 366 g/mol. The van der Waals surface area contributed by atoms with Crippen molar-refractivity contribution in [3.05, 3.63) is 54.4 Å². The van der Waals surface area contributed by atoms with Crippen molar-refractivity contribution in [1.82, 2.24) is 14.6 Å². The Balaban J connectivity index is 1.41. The Kier molecular flexibility index (Phi) is 4.84. The average molecular weight is 387 g/mol. The Morgan fingerprint density at radius 2 is 2.11 bits per heavy atom. The van der Waals surface area contributed by atoms with Crippen LogP contribution in [0.4, 0.5) is 0 Å². The fraction of sp³-hybridized carbons (Fsp3) is 0.368. The lowest BCUT2D eigenvalue weighted by molar-refractivity contribution is -0.121. The van der Waals surface area contributed by atoms with Crippen LogP contribution in [0, 0.1) is 0 Å². The maximum atomic E-state index is 13.0. The van der Waals surface area contributed by atoms with E-state index in [1.165, 1.54) is 4.31 Å². The van der Waals surface area contributed by atoms with Gasteiger partial charge in [0.05, 0.1) is 6.04 Å². The molecule has 2 aliphatic rings. The van der Waals surface area contributed by atoms with E-state index >= 15 is 0 Å². The predicted octanol–water partition coefficient (Wildman–Crippen LogP) is 1.35. The van der Waals surface area contributed by atoms with E-state index in [0.29, 0.717) is 25.0 Å². The van der Waals surface area contributed by atoms with E-state index in [-0.39, 0.29) is 36.0 Å². The summed E-state index contributed by atoms with van der Waals surface area (Å²) >= 11 is 0. The van der Waals surface area contributed by atoms with E-state index in [4.69, 9.17) is 4.74 Å². The van der Waals surface area contributed by atoms with Gasteiger partial charge in [-0.1, -0.05) is 18.2 Å². The molecule has 0 saturated carbocycles. The molecule has 1 amide bonds. The third-order valence-corrected chi connectivity index (χ3v) is 6.92. The molecule has 1 N–H and O–H groups in total. The van der Waals surface area contributed by atoms with Gasteiger partial charge < -0.3 is 10.1 Å². The third-order valence-electron chi connectivity index (χ3n) is 4.96. The molecule has 142 valence electrons. The Morgan fingerprint density at radius 1 is 1.26 bits per heavy atom. The zero-order chi connectivity index (χ0) is 18.9. The van der Waals surface area contributed by atoms with Crippen molar-refractivity contribution in [1.29, 1.82) is 0 Å². The number of sulfonamides is 1. The smallest absolute Gasteiger partial charge is 0.247 e. The number of carbonyl (C=O) groups excluding carboxylic acids is 1. The Bertz CT molecular complexity index is 933. The summed E-state index contributed by atoms with van der Waals surface area (Å²) in [5.74, 6) is 0.309. The number of rotatable bonds is 4. The molecule has 2 atom stereocenters. The first-order valence-electron chi connectivity index (χ1n) is 8.96. The quantitative estimate of drug-likeness (QED) is 0.856. The van der Waals surface area contributed by atoms with Gasteiger partial charge in [-0.25, -0.2) is 8.42 Å². The van der Waals surface area contributed by atoms with E-state index in [0.717, 1.165) is 5.56 Å². The molecule has 0 aliphatic carbocycles. The number of pyridine rings is 1. The summed E-state index contributed by atoms with van der Waals surface area (Å²) < 4.78 is 33.1. The standard InChI is InChI=1S/C19H21N3O4S/c23-19(8-7-14-4-3-9-20-11-14)21-15-10-16-13-26-17-5-1-2-6-18(17)27(24,25)22(16)12-15/h1-6,9,11,15-16H,7-8,10,12-13H2,(H,21,23)/t15-,16-/m0/s1. The van der Waals surface area contributed by atoms with Crippen LogP contribution in [0.1, 0.15) is 18.4 Å². The minimum absolute atomic E-state index is 0.0831. The van der Waals surface area contributed by atoms with Crippen molar-refractivity contribution >= 4 is 15.9 Å². The normalized spacial score (nSPS) is 23.6. The van der Waals surface area contributed by atoms with Gasteiger partial charge in [0.25, 0.3) is 0 Å². The first-order valence-corrected chi connectivity index (χ1v) is 10.4. The molecule has 2 aliphatic heterocycles. The number of fused-ring (bicyclic) bond motifs is 2. The zero-order valence-electron chi connectivity index (χ0n) is 14.7. The largest absolute Gasteiger partial charge is 0.490 e. The second-order valence-corrected chi connectivity index (χ2v) is 8.71. The Labute approximate surface area is 158 Å². The van der Waals surface area contributed by atoms with Crippen molar-refractivity contribution < 1.29 is 17.9 Å². The number of aryl methyl sites for hydroxylation is 1. The summed E-state index contributed by atoms with van der Waals surface area (Å²) in [6, 6.07) is 9.98. The highest BCUT2D eigenvalue weighted by Crippen LogP contribution is 2.35. The molecular formula is C19H21N3O4S. The number of nitrogens with zero attached hydrogens (tertiary/aromatic N) is 2. The van der Waals surface area contributed by atoms with Crippen molar-refractivity contribution in [3.8, 4) is 5.75 Å². The monoisotopic (exact) mass is 387 g/mol. The molecule has 1 fully saturated rings. The van der Waals surface area contributed by atoms with Crippen molar-refractivity contribution in [2.75, 3.05) is 13.2 Å². The number of nitrogens with one attached hydrogen (secondary N) is 1. The number of amides is 1. The van der Waals surface area contributed by atoms with Gasteiger partial charge in [0, 0.05) is 31.4 Å². The molecule has 27 heavy (non-hydrogen) atoms. The van der Waals surface area contributed by atoms with Crippen molar-refractivity contribution in [2.24, 2.45) is 0 Å². The summed E-state index contributed by atoms with van der Waals surface area (Å²) in [5, 5.41) is 2.97. The molecule has 0 spiro atoms. The third kappa shape index (κ3) is 3.68. The van der Waals surface area contributed by atoms with Crippen LogP contribution in [-0.2, 0) is 21.2 Å². The number of hydrogen-bond acceptors (Lipinski definition) is 5. The first-order chi connectivity index (χ1) is 13.0. The van der Waals surface area contributed by atoms with E-state index in [2.05, 4.69) is 10.3 Å². The number of hydrogen-bond donors (Lipinski definition) is 1. The number of para-hydroxylation sites is 1. The lowest BCUT2D eigenvalue weighted by Crippen LogP contribution is -2.39. The van der Waals surface area contributed by atoms with Gasteiger partial charge in [-0.3, -0.25) is 9.78 Å². The van der Waals surface area contributed by atoms with E-state index in [1.807, 2.05) is 12.1 Å². The van der Waals surface area contributed by atoms with E-state index in [9.17, 15) is 13.2 Å². The van der Waals surface area contributed by atoms with Crippen LogP contribution in [0.25, 0.3) is 0 Å². The highest BCUT2D eigenvalue weighted by atomic mass is 32.2. The molecule has 1 aromatic heterocycles. The molecule has 0 unspecified atom stereocenters. The van der Waals surface area contributed by atoms with Gasteiger partial charge in [0.15, 0.2) is 0 Å². The van der Waals surface area contributed by atoms with Gasteiger partial charge in [-0.2, -0.15) is 4.31 Å². The average Bonchev–Trinajstić information content (AvgIpc) is 3.05. The molecule has 8 heteroatoms. The van der Waals surface area contributed by atoms with Crippen molar-refractivity contribution in [2.45, 2.75) is 36.2 Å². The van der Waals surface area contributed by atoms with Crippen LogP contribution in [0.15, 0.2) is 53.7 Å². The molecule has 0 bridgehead atoms. The van der Waals surface area contributed by atoms with Crippen LogP contribution in [0.2, 0.25) is 0 Å². The predicted molar refractivity (Wildman–Crippen MR) is 98.7 cm³/mol. The maximum absolute atomic E-state index is 13.0. The van der Waals surface area contributed by atoms with E-state index in [1.54, 1.807) is 36.7 Å². The Hall–Kier alpha value is -2.45. The molecule has 3 heterocycles. The van der Waals surface area contributed by atoms with Gasteiger partial charge in [-0.15, -0.1) is 0 Å². The highest BCUT2D eigenvalue weighted by molar-refractivity contribution is 7.89. The first kappa shape index (κ1) is 17.9. The number of benzene rings is 1. The van der Waals surface area contributed by atoms with Gasteiger partial charge >= 0.3 is 0 Å². The molecule has 2 aromatic rings. The van der Waals surface area contributed by atoms with Gasteiger partial charge in [0.2, 0.25) is 15.9 Å². The lowest BCUT2D eigenvalue weighted by Gasteiger charge is -2.19. The van der Waals surface area contributed by atoms with Crippen molar-refractivity contribution in [3.63, 3.8) is 0 Å². The zero-order valence-corrected chi connectivity index (χ0v) is 15.6. The summed E-state index contributed by atoms with van der Waals surface area (Å²) in [6.45, 7) is 0.557. The summed E-state index contributed by atoms with van der Waals surface area (Å²) in [4.78, 5) is 16.5. The SMILES string of the molecule is O=C(CCc1cccnc1)N[C@H]1C[C@H]2COc3ccccc3S(=O)(=O)N2C1. The van der Waals surface area contributed by atoms with Crippen LogP contribution in [0.3, 0.4) is 0 Å². The number of carbonyl (C=O) groups is 1. The number of aromatic nitrogens is 1. The van der Waals surface area contributed by atoms with Crippen LogP contribution in [-0.4, -0.2) is 48.8 Å². The maximum Gasteiger partial charge on any atom is 0.247 e. The molecule has 7 nitrogen and oxygen atoms in total. The topological polar surface area (TPSA) is 88.6 Å². The van der Waals surface area contributed by atoms with Crippen LogP contribution < -0.4 is 10.1 Å². The minimum atomic E-state index is -3.63. The number of ether oxygens (including phenoxy) is 1. The summed E-state index contributed by atoms with van der Waals surface area (Å²) in [7, 11) is -3.63. The van der Waals surface area contributed by atoms with Gasteiger partial charge in [-0.05, 0) is 36.6 Å². The van der Waals surface area contributed by atoms with E-state index < -0.39 is 10.0 Å². The molecule has 1 saturated heterocycles. The van der Waals surface area contributed by atoms with Crippen LogP contribution in [0.5, 0.6) is 5.75 Å². The fourth-order valence-electron chi connectivity index (χ4n) is 3.64. The second kappa shape index (κ2) is 7.28. The molecule has 0 radical (unpaired) electrons. The summed E-state index contributed by atoms with van der Waals surface area (Å²) in [6.07, 6.45) is 4.94.